The van der Waals surface area contributed by atoms with Gasteiger partial charge in [-0.05, 0) is 80.0 Å². The number of hydrogen-bond donors (Lipinski definition) is 1. The molecule has 124 valence electrons. The Hall–Kier alpha value is -0.370. The second-order valence-corrected chi connectivity index (χ2v) is 9.46. The molecule has 0 radical (unpaired) electrons. The molecule has 8 atom stereocenters. The number of hydrogen-bond acceptors (Lipinski definition) is 2. The van der Waals surface area contributed by atoms with Gasteiger partial charge in [0.15, 0.2) is 0 Å². The summed E-state index contributed by atoms with van der Waals surface area (Å²) in [7, 11) is 0. The molecular weight excluding hydrogens is 272 g/mol. The average molecular weight is 304 g/mol. The molecule has 1 unspecified atom stereocenters. The van der Waals surface area contributed by atoms with Gasteiger partial charge in [-0.1, -0.05) is 20.8 Å². The van der Waals surface area contributed by atoms with E-state index in [0.717, 1.165) is 43.9 Å². The summed E-state index contributed by atoms with van der Waals surface area (Å²) in [5.41, 5.74) is 0.400. The smallest absolute Gasteiger partial charge is 0.139 e. The first-order valence-corrected chi connectivity index (χ1v) is 9.58. The Morgan fingerprint density at radius 2 is 1.82 bits per heavy atom. The van der Waals surface area contributed by atoms with E-state index >= 15 is 0 Å². The molecule has 4 aliphatic rings. The van der Waals surface area contributed by atoms with Crippen molar-refractivity contribution in [3.63, 3.8) is 0 Å². The molecule has 4 saturated carbocycles. The molecule has 0 aromatic rings. The zero-order chi connectivity index (χ0) is 15.7. The Balaban J connectivity index is 1.67. The summed E-state index contributed by atoms with van der Waals surface area (Å²) in [5.74, 6) is 4.08. The van der Waals surface area contributed by atoms with Gasteiger partial charge in [0, 0.05) is 11.8 Å². The maximum absolute atomic E-state index is 12.4. The van der Waals surface area contributed by atoms with Crippen LogP contribution in [-0.2, 0) is 4.79 Å². The fourth-order valence-corrected chi connectivity index (χ4v) is 7.47. The molecule has 22 heavy (non-hydrogen) atoms. The van der Waals surface area contributed by atoms with Gasteiger partial charge in [0.05, 0.1) is 6.10 Å². The topological polar surface area (TPSA) is 37.3 Å². The highest BCUT2D eigenvalue weighted by Crippen LogP contribution is 2.66. The van der Waals surface area contributed by atoms with Crippen LogP contribution in [0.3, 0.4) is 0 Å². The highest BCUT2D eigenvalue weighted by atomic mass is 16.3. The van der Waals surface area contributed by atoms with Crippen LogP contribution < -0.4 is 0 Å². The predicted octanol–water partition coefficient (Wildman–Crippen LogP) is 4.21. The Kier molecular flexibility index (Phi) is 3.32. The van der Waals surface area contributed by atoms with E-state index in [0.29, 0.717) is 29.0 Å². The van der Waals surface area contributed by atoms with Gasteiger partial charge in [-0.3, -0.25) is 4.79 Å². The first-order valence-electron chi connectivity index (χ1n) is 9.58. The van der Waals surface area contributed by atoms with Crippen molar-refractivity contribution in [2.75, 3.05) is 0 Å². The second-order valence-electron chi connectivity index (χ2n) is 9.46. The van der Waals surface area contributed by atoms with Gasteiger partial charge in [0.25, 0.3) is 0 Å². The largest absolute Gasteiger partial charge is 0.393 e. The maximum Gasteiger partial charge on any atom is 0.139 e. The number of rotatable bonds is 0. The van der Waals surface area contributed by atoms with E-state index in [1.807, 2.05) is 0 Å². The average Bonchev–Trinajstić information content (AvgIpc) is 2.77. The standard InChI is InChI=1S/C20H32O2/c1-12-10-14(21)11-13-4-5-15-16-6-7-18(22)19(16,2)9-8-17(15)20(12,13)3/h12-17,21H,4-11H2,1-3H3/t12?,13-,14+,15-,16-,17-,19-,20-/m0/s1. The third-order valence-electron chi connectivity index (χ3n) is 8.92. The molecule has 0 bridgehead atoms. The minimum absolute atomic E-state index is 0.00177. The highest BCUT2D eigenvalue weighted by molar-refractivity contribution is 5.87. The van der Waals surface area contributed by atoms with E-state index in [9.17, 15) is 9.90 Å². The molecule has 0 amide bonds. The van der Waals surface area contributed by atoms with Crippen LogP contribution in [-0.4, -0.2) is 17.0 Å². The minimum Gasteiger partial charge on any atom is -0.393 e. The quantitative estimate of drug-likeness (QED) is 0.728. The van der Waals surface area contributed by atoms with Crippen molar-refractivity contribution in [2.45, 2.75) is 78.2 Å². The summed E-state index contributed by atoms with van der Waals surface area (Å²) < 4.78 is 0. The molecular formula is C20H32O2. The van der Waals surface area contributed by atoms with E-state index < -0.39 is 0 Å². The van der Waals surface area contributed by atoms with Gasteiger partial charge < -0.3 is 5.11 Å². The van der Waals surface area contributed by atoms with Crippen molar-refractivity contribution >= 4 is 5.78 Å². The van der Waals surface area contributed by atoms with Crippen LogP contribution >= 0.6 is 0 Å². The van der Waals surface area contributed by atoms with E-state index in [4.69, 9.17) is 0 Å². The number of carbonyl (C=O) groups is 1. The fraction of sp³-hybridized carbons (Fsp3) is 0.950. The molecule has 0 heterocycles. The Morgan fingerprint density at radius 1 is 1.05 bits per heavy atom. The molecule has 0 aliphatic heterocycles. The molecule has 4 fully saturated rings. The molecule has 2 nitrogen and oxygen atoms in total. The lowest BCUT2D eigenvalue weighted by molar-refractivity contribution is -0.155. The number of ketones is 1. The number of aliphatic hydroxyl groups excluding tert-OH is 1. The monoisotopic (exact) mass is 304 g/mol. The Bertz CT molecular complexity index is 486. The van der Waals surface area contributed by atoms with Crippen molar-refractivity contribution in [3.05, 3.63) is 0 Å². The van der Waals surface area contributed by atoms with Crippen molar-refractivity contribution < 1.29 is 9.90 Å². The number of aliphatic hydroxyl groups is 1. The molecule has 4 aliphatic carbocycles. The van der Waals surface area contributed by atoms with Gasteiger partial charge in [-0.25, -0.2) is 0 Å². The molecule has 0 aromatic heterocycles. The Labute approximate surface area is 135 Å². The molecule has 0 spiro atoms. The molecule has 2 heteroatoms. The zero-order valence-corrected chi connectivity index (χ0v) is 14.5. The minimum atomic E-state index is -0.0773. The van der Waals surface area contributed by atoms with Crippen LogP contribution in [0.25, 0.3) is 0 Å². The van der Waals surface area contributed by atoms with E-state index in [-0.39, 0.29) is 11.5 Å². The van der Waals surface area contributed by atoms with Crippen LogP contribution in [0.5, 0.6) is 0 Å². The summed E-state index contributed by atoms with van der Waals surface area (Å²) >= 11 is 0. The van der Waals surface area contributed by atoms with Gasteiger partial charge >= 0.3 is 0 Å². The van der Waals surface area contributed by atoms with Crippen LogP contribution in [0.1, 0.15) is 72.1 Å². The third kappa shape index (κ3) is 1.79. The highest BCUT2D eigenvalue weighted by Gasteiger charge is 2.61. The van der Waals surface area contributed by atoms with Crippen LogP contribution in [0.4, 0.5) is 0 Å². The first-order chi connectivity index (χ1) is 10.4. The summed E-state index contributed by atoms with van der Waals surface area (Å²) in [5, 5.41) is 10.2. The maximum atomic E-state index is 12.4. The summed E-state index contributed by atoms with van der Waals surface area (Å²) in [6.07, 6.45) is 8.85. The molecule has 0 aromatic carbocycles. The second kappa shape index (κ2) is 4.82. The van der Waals surface area contributed by atoms with Crippen LogP contribution in [0, 0.1) is 40.4 Å². The van der Waals surface area contributed by atoms with Crippen LogP contribution in [0.2, 0.25) is 0 Å². The number of carbonyl (C=O) groups excluding carboxylic acids is 1. The van der Waals surface area contributed by atoms with Crippen molar-refractivity contribution in [1.29, 1.82) is 0 Å². The van der Waals surface area contributed by atoms with Crippen molar-refractivity contribution in [3.8, 4) is 0 Å². The van der Waals surface area contributed by atoms with Gasteiger partial charge in [-0.2, -0.15) is 0 Å². The summed E-state index contributed by atoms with van der Waals surface area (Å²) in [6.45, 7) is 7.18. The zero-order valence-electron chi connectivity index (χ0n) is 14.5. The van der Waals surface area contributed by atoms with E-state index in [2.05, 4.69) is 20.8 Å². The molecule has 4 rings (SSSR count). The Morgan fingerprint density at radius 3 is 2.59 bits per heavy atom. The lowest BCUT2D eigenvalue weighted by atomic mass is 9.43. The normalized spacial score (nSPS) is 57.9. The lowest BCUT2D eigenvalue weighted by Crippen LogP contribution is -2.56. The van der Waals surface area contributed by atoms with E-state index in [1.54, 1.807) is 0 Å². The van der Waals surface area contributed by atoms with Gasteiger partial charge in [-0.15, -0.1) is 0 Å². The first kappa shape index (κ1) is 15.2. The van der Waals surface area contributed by atoms with Crippen molar-refractivity contribution in [2.24, 2.45) is 40.4 Å². The molecule has 0 saturated heterocycles. The SMILES string of the molecule is CC1C[C@@H](O)C[C@@H]2CC[C@@H]3[C@H](CC[C@]4(C)C(=O)CC[C@@H]34)[C@@]12C. The van der Waals surface area contributed by atoms with Crippen molar-refractivity contribution in [1.82, 2.24) is 0 Å². The van der Waals surface area contributed by atoms with Gasteiger partial charge in [0.1, 0.15) is 5.78 Å². The number of Topliss-reactive ketones (excluding diaryl/α,β-unsaturated/α-hetero) is 1. The molecule has 1 N–H and O–H groups in total. The fourth-order valence-electron chi connectivity index (χ4n) is 7.47. The summed E-state index contributed by atoms with van der Waals surface area (Å²) in [4.78, 5) is 12.4. The van der Waals surface area contributed by atoms with Gasteiger partial charge in [0.2, 0.25) is 0 Å². The van der Waals surface area contributed by atoms with E-state index in [1.165, 1.54) is 19.3 Å². The van der Waals surface area contributed by atoms with Crippen LogP contribution in [0.15, 0.2) is 0 Å². The third-order valence-corrected chi connectivity index (χ3v) is 8.92. The summed E-state index contributed by atoms with van der Waals surface area (Å²) in [6, 6.07) is 0. The predicted molar refractivity (Wildman–Crippen MR) is 87.3 cm³/mol. The number of fused-ring (bicyclic) bond motifs is 5. The lowest BCUT2D eigenvalue weighted by Gasteiger charge is -2.62.